The minimum atomic E-state index is 0.0678. The smallest absolute Gasteiger partial charge is 0.138 e. The van der Waals surface area contributed by atoms with Crippen molar-refractivity contribution < 1.29 is 8.83 Å². The van der Waals surface area contributed by atoms with E-state index in [2.05, 4.69) is 111 Å². The van der Waals surface area contributed by atoms with E-state index in [0.717, 1.165) is 96.0 Å². The molecule has 0 saturated carbocycles. The molecule has 4 heterocycles. The predicted molar refractivity (Wildman–Crippen MR) is 239 cm³/mol. The lowest BCUT2D eigenvalue weighted by Crippen LogP contribution is -2.07. The molecule has 0 saturated heterocycles. The summed E-state index contributed by atoms with van der Waals surface area (Å²) in [6.07, 6.45) is 6.01. The van der Waals surface area contributed by atoms with Crippen LogP contribution in [0, 0.1) is 13.8 Å². The molecule has 10 rings (SSSR count). The van der Waals surface area contributed by atoms with Gasteiger partial charge in [-0.1, -0.05) is 83.9 Å². The molecule has 0 aliphatic carbocycles. The van der Waals surface area contributed by atoms with Crippen molar-refractivity contribution in [3.05, 3.63) is 188 Å². The molecule has 57 heavy (non-hydrogen) atoms. The van der Waals surface area contributed by atoms with Crippen LogP contribution < -0.4 is 0 Å². The first-order valence-corrected chi connectivity index (χ1v) is 21.5. The average molecular weight is 820 g/mol. The van der Waals surface area contributed by atoms with Crippen molar-refractivity contribution in [1.82, 2.24) is 0 Å². The summed E-state index contributed by atoms with van der Waals surface area (Å²) in [6, 6.07) is 42.3. The molecule has 0 N–H and O–H groups in total. The number of rotatable bonds is 6. The van der Waals surface area contributed by atoms with E-state index in [1.54, 1.807) is 0 Å². The molecule has 8 heteroatoms. The Morgan fingerprint density at radius 1 is 0.561 bits per heavy atom. The van der Waals surface area contributed by atoms with Crippen LogP contribution in [-0.2, 0) is 6.42 Å². The largest absolute Gasteiger partial charge is 0.464 e. The van der Waals surface area contributed by atoms with Crippen LogP contribution in [0.4, 0.5) is 11.4 Å². The van der Waals surface area contributed by atoms with Crippen molar-refractivity contribution in [3.8, 4) is 0 Å². The summed E-state index contributed by atoms with van der Waals surface area (Å²) >= 11 is 16.4. The Kier molecular flexibility index (Phi) is 9.62. The Morgan fingerprint density at radius 3 is 1.42 bits per heavy atom. The van der Waals surface area contributed by atoms with Gasteiger partial charge in [0.2, 0.25) is 0 Å². The quantitative estimate of drug-likeness (QED) is 0.168. The zero-order valence-corrected chi connectivity index (χ0v) is 34.4. The first-order valence-electron chi connectivity index (χ1n) is 19.0. The molecule has 0 bridgehead atoms. The minimum absolute atomic E-state index is 0.0678. The van der Waals surface area contributed by atoms with E-state index in [1.165, 1.54) is 22.3 Å². The Balaban J connectivity index is 1.06. The molecule has 2 aliphatic rings. The second-order valence-corrected chi connectivity index (χ2v) is 18.2. The number of fused-ring (bicyclic) bond motifs is 4. The van der Waals surface area contributed by atoms with E-state index in [4.69, 9.17) is 42.0 Å². The molecule has 0 radical (unpaired) electrons. The molecule has 2 atom stereocenters. The lowest BCUT2D eigenvalue weighted by Gasteiger charge is -2.19. The molecule has 4 nitrogen and oxygen atoms in total. The maximum Gasteiger partial charge on any atom is 0.138 e. The van der Waals surface area contributed by atoms with Crippen molar-refractivity contribution in [2.75, 3.05) is 0 Å². The van der Waals surface area contributed by atoms with Gasteiger partial charge in [0.1, 0.15) is 11.2 Å². The van der Waals surface area contributed by atoms with Crippen molar-refractivity contribution in [3.63, 3.8) is 0 Å². The lowest BCUT2D eigenvalue weighted by atomic mass is 9.93. The van der Waals surface area contributed by atoms with Crippen LogP contribution in [0.2, 0.25) is 10.0 Å². The zero-order valence-electron chi connectivity index (χ0n) is 31.3. The topological polar surface area (TPSA) is 51.0 Å². The monoisotopic (exact) mass is 818 g/mol. The standard InChI is InChI=1S/C49H36Cl2N2O2S2/c1-28-26-54-48-36(28)20-30(22-38(48)46-24-42(32-11-15-34(50)16-12-32)52-40-7-3-5-9-44(40)56-46)19-31-21-37-29(2)27-55-49(37)39(23-31)47-25-43(33-13-17-35(51)18-14-33)53-41-8-4-6-10-45(41)57-47/h3-18,20-23,26-27,46-47H,19,24-25H2,1-2H3. The van der Waals surface area contributed by atoms with Crippen LogP contribution in [0.15, 0.2) is 162 Å². The van der Waals surface area contributed by atoms with Gasteiger partial charge in [-0.3, -0.25) is 9.98 Å². The molecule has 0 amide bonds. The molecule has 8 aromatic rings. The highest BCUT2D eigenvalue weighted by Gasteiger charge is 2.28. The highest BCUT2D eigenvalue weighted by atomic mass is 35.5. The van der Waals surface area contributed by atoms with E-state index in [1.807, 2.05) is 60.3 Å². The van der Waals surface area contributed by atoms with Gasteiger partial charge in [0.05, 0.1) is 23.9 Å². The molecule has 280 valence electrons. The van der Waals surface area contributed by atoms with Crippen molar-refractivity contribution in [2.24, 2.45) is 9.98 Å². The van der Waals surface area contributed by atoms with Crippen molar-refractivity contribution in [2.45, 2.75) is 53.4 Å². The van der Waals surface area contributed by atoms with Crippen molar-refractivity contribution >= 4 is 91.5 Å². The first kappa shape index (κ1) is 36.4. The fraction of sp³-hybridized carbons (Fsp3) is 0.143. The highest BCUT2D eigenvalue weighted by Crippen LogP contribution is 2.50. The molecule has 2 aromatic heterocycles. The van der Waals surface area contributed by atoms with Crippen LogP contribution in [0.1, 0.15) is 67.8 Å². The summed E-state index contributed by atoms with van der Waals surface area (Å²) in [4.78, 5) is 12.8. The van der Waals surface area contributed by atoms with Gasteiger partial charge >= 0.3 is 0 Å². The molecule has 2 aliphatic heterocycles. The Labute approximate surface area is 350 Å². The van der Waals surface area contributed by atoms with E-state index >= 15 is 0 Å². The van der Waals surface area contributed by atoms with E-state index in [0.29, 0.717) is 10.0 Å². The van der Waals surface area contributed by atoms with Crippen LogP contribution in [0.3, 0.4) is 0 Å². The summed E-state index contributed by atoms with van der Waals surface area (Å²) in [7, 11) is 0. The molecule has 0 fully saturated rings. The third kappa shape index (κ3) is 7.14. The summed E-state index contributed by atoms with van der Waals surface area (Å²) in [6.45, 7) is 4.27. The van der Waals surface area contributed by atoms with Gasteiger partial charge in [-0.2, -0.15) is 0 Å². The maximum atomic E-state index is 6.37. The predicted octanol–water partition coefficient (Wildman–Crippen LogP) is 15.4. The Hall–Kier alpha value is -4.98. The summed E-state index contributed by atoms with van der Waals surface area (Å²) < 4.78 is 12.7. The van der Waals surface area contributed by atoms with Crippen molar-refractivity contribution in [1.29, 1.82) is 0 Å². The fourth-order valence-electron chi connectivity index (χ4n) is 8.03. The van der Waals surface area contributed by atoms with Crippen LogP contribution in [0.5, 0.6) is 0 Å². The number of para-hydroxylation sites is 2. The van der Waals surface area contributed by atoms with E-state index in [9.17, 15) is 0 Å². The fourth-order valence-corrected chi connectivity index (χ4v) is 10.8. The van der Waals surface area contributed by atoms with Gasteiger partial charge in [0, 0.05) is 76.5 Å². The Morgan fingerprint density at radius 2 is 0.982 bits per heavy atom. The van der Waals surface area contributed by atoms with Crippen LogP contribution in [-0.4, -0.2) is 11.4 Å². The number of aliphatic imine (C=N–C) groups is 2. The van der Waals surface area contributed by atoms with Crippen LogP contribution in [0.25, 0.3) is 21.9 Å². The number of thioether (sulfide) groups is 2. The second kappa shape index (κ2) is 15.1. The Bertz CT molecular complexity index is 2690. The van der Waals surface area contributed by atoms with Gasteiger partial charge < -0.3 is 8.83 Å². The van der Waals surface area contributed by atoms with E-state index in [-0.39, 0.29) is 10.5 Å². The molecule has 0 spiro atoms. The zero-order chi connectivity index (χ0) is 38.6. The lowest BCUT2D eigenvalue weighted by molar-refractivity contribution is 0.607. The minimum Gasteiger partial charge on any atom is -0.464 e. The number of aryl methyl sites for hydroxylation is 2. The first-order chi connectivity index (χ1) is 27.8. The molecular formula is C49H36Cl2N2O2S2. The average Bonchev–Trinajstić information content (AvgIpc) is 3.63. The molecule has 2 unspecified atom stereocenters. The number of halogens is 2. The number of benzene rings is 6. The number of nitrogens with zero attached hydrogens (tertiary/aromatic N) is 2. The van der Waals surface area contributed by atoms with E-state index < -0.39 is 0 Å². The molecule has 6 aromatic carbocycles. The number of hydrogen-bond acceptors (Lipinski definition) is 6. The maximum absolute atomic E-state index is 6.37. The number of furan rings is 2. The SMILES string of the molecule is Cc1coc2c(C3CC(c4ccc(Cl)cc4)=Nc4ccccc4S3)cc(Cc3cc(C4CC(c5ccc(Cl)cc5)=Nc5ccccc5S4)c4occ(C)c4c3)cc12. The van der Waals surface area contributed by atoms with Gasteiger partial charge in [-0.05, 0) is 114 Å². The third-order valence-electron chi connectivity index (χ3n) is 10.9. The number of hydrogen-bond donors (Lipinski definition) is 0. The van der Waals surface area contributed by atoms with Gasteiger partial charge in [0.25, 0.3) is 0 Å². The van der Waals surface area contributed by atoms with Gasteiger partial charge in [0.15, 0.2) is 0 Å². The van der Waals surface area contributed by atoms with Crippen LogP contribution >= 0.6 is 46.7 Å². The van der Waals surface area contributed by atoms with Gasteiger partial charge in [-0.15, -0.1) is 23.5 Å². The normalized spacial score (nSPS) is 16.8. The summed E-state index contributed by atoms with van der Waals surface area (Å²) in [5.74, 6) is 0. The van der Waals surface area contributed by atoms with Gasteiger partial charge in [-0.25, -0.2) is 0 Å². The molecular weight excluding hydrogens is 784 g/mol. The summed E-state index contributed by atoms with van der Waals surface area (Å²) in [5, 5.41) is 3.85. The highest BCUT2D eigenvalue weighted by molar-refractivity contribution is 8.00. The summed E-state index contributed by atoms with van der Waals surface area (Å²) in [5.41, 5.74) is 15.1. The second-order valence-electron chi connectivity index (χ2n) is 14.8. The third-order valence-corrected chi connectivity index (χ3v) is 14.0.